The number of carbonyl (C=O) groups is 1. The van der Waals surface area contributed by atoms with Crippen LogP contribution >= 0.6 is 0 Å². The molecule has 3 rings (SSSR count). The summed E-state index contributed by atoms with van der Waals surface area (Å²) in [6, 6.07) is 1.36. The predicted molar refractivity (Wildman–Crippen MR) is 83.5 cm³/mol. The Balaban J connectivity index is 2.06. The van der Waals surface area contributed by atoms with Crippen molar-refractivity contribution in [3.63, 3.8) is 0 Å². The molecule has 2 aromatic heterocycles. The van der Waals surface area contributed by atoms with Gasteiger partial charge in [-0.3, -0.25) is 9.88 Å². The molecular formula is C16H17FN4O2. The lowest BCUT2D eigenvalue weighted by atomic mass is 9.97. The monoisotopic (exact) mass is 316 g/mol. The largest absolute Gasteiger partial charge is 0.396 e. The summed E-state index contributed by atoms with van der Waals surface area (Å²) in [5.74, 6) is 0.105. The van der Waals surface area contributed by atoms with E-state index >= 15 is 0 Å². The van der Waals surface area contributed by atoms with Crippen molar-refractivity contribution in [2.45, 2.75) is 19.3 Å². The van der Waals surface area contributed by atoms with Crippen molar-refractivity contribution < 1.29 is 14.3 Å². The van der Waals surface area contributed by atoms with Gasteiger partial charge in [-0.05, 0) is 30.9 Å². The van der Waals surface area contributed by atoms with Gasteiger partial charge in [-0.25, -0.2) is 14.2 Å². The molecule has 2 amide bonds. The Morgan fingerprint density at radius 2 is 2.22 bits per heavy atom. The molecule has 0 atom stereocenters. The van der Waals surface area contributed by atoms with Gasteiger partial charge in [-0.15, -0.1) is 0 Å². The number of anilines is 1. The topological polar surface area (TPSA) is 92.3 Å². The predicted octanol–water partition coefficient (Wildman–Crippen LogP) is 1.65. The number of fused-ring (bicyclic) bond motifs is 1. The summed E-state index contributed by atoms with van der Waals surface area (Å²) >= 11 is 0. The molecule has 0 spiro atoms. The zero-order valence-electron chi connectivity index (χ0n) is 12.5. The first-order valence-electron chi connectivity index (χ1n) is 7.41. The van der Waals surface area contributed by atoms with E-state index in [9.17, 15) is 9.18 Å². The number of hydrogen-bond acceptors (Lipinski definition) is 4. The lowest BCUT2D eigenvalue weighted by molar-refractivity contribution is 0.253. The molecule has 120 valence electrons. The molecule has 3 heterocycles. The van der Waals surface area contributed by atoms with Crippen molar-refractivity contribution in [1.82, 2.24) is 9.97 Å². The molecule has 0 bridgehead atoms. The number of urea groups is 1. The second-order valence-corrected chi connectivity index (χ2v) is 5.42. The SMILES string of the molecule is NC(=O)N1CCCc2cc(-c3cncc(F)c3CCO)cnc21. The van der Waals surface area contributed by atoms with Gasteiger partial charge >= 0.3 is 6.03 Å². The van der Waals surface area contributed by atoms with Crippen LogP contribution in [0.15, 0.2) is 24.7 Å². The fraction of sp³-hybridized carbons (Fsp3) is 0.312. The number of aliphatic hydroxyl groups excluding tert-OH is 1. The molecule has 6 nitrogen and oxygen atoms in total. The van der Waals surface area contributed by atoms with Crippen LogP contribution in [-0.2, 0) is 12.8 Å². The van der Waals surface area contributed by atoms with Crippen molar-refractivity contribution in [2.75, 3.05) is 18.1 Å². The smallest absolute Gasteiger partial charge is 0.320 e. The Morgan fingerprint density at radius 3 is 2.96 bits per heavy atom. The normalized spacial score (nSPS) is 13.7. The Labute approximate surface area is 132 Å². The van der Waals surface area contributed by atoms with Crippen molar-refractivity contribution in [2.24, 2.45) is 5.73 Å². The van der Waals surface area contributed by atoms with Crippen LogP contribution in [-0.4, -0.2) is 34.3 Å². The molecule has 0 unspecified atom stereocenters. The number of nitrogens with two attached hydrogens (primary N) is 1. The molecule has 0 fully saturated rings. The third kappa shape index (κ3) is 2.87. The second kappa shape index (κ2) is 6.29. The molecule has 0 saturated heterocycles. The highest BCUT2D eigenvalue weighted by atomic mass is 19.1. The lowest BCUT2D eigenvalue weighted by Crippen LogP contribution is -2.40. The number of amides is 2. The van der Waals surface area contributed by atoms with E-state index in [1.807, 2.05) is 6.07 Å². The van der Waals surface area contributed by atoms with E-state index in [1.54, 1.807) is 12.4 Å². The summed E-state index contributed by atoms with van der Waals surface area (Å²) in [6.07, 6.45) is 6.05. The Bertz CT molecular complexity index is 751. The Morgan fingerprint density at radius 1 is 1.39 bits per heavy atom. The highest BCUT2D eigenvalue weighted by Gasteiger charge is 2.23. The highest BCUT2D eigenvalue weighted by molar-refractivity contribution is 5.91. The number of aliphatic hydroxyl groups is 1. The van der Waals surface area contributed by atoms with E-state index in [0.717, 1.165) is 24.6 Å². The number of aryl methyl sites for hydroxylation is 1. The van der Waals surface area contributed by atoms with Crippen molar-refractivity contribution in [1.29, 1.82) is 0 Å². The van der Waals surface area contributed by atoms with Crippen LogP contribution in [0.4, 0.5) is 15.0 Å². The fourth-order valence-corrected chi connectivity index (χ4v) is 2.90. The van der Waals surface area contributed by atoms with Crippen LogP contribution < -0.4 is 10.6 Å². The molecule has 0 aliphatic carbocycles. The van der Waals surface area contributed by atoms with E-state index in [-0.39, 0.29) is 13.0 Å². The van der Waals surface area contributed by atoms with E-state index in [2.05, 4.69) is 9.97 Å². The van der Waals surface area contributed by atoms with Crippen LogP contribution in [0.2, 0.25) is 0 Å². The van der Waals surface area contributed by atoms with Gasteiger partial charge in [-0.2, -0.15) is 0 Å². The first-order valence-corrected chi connectivity index (χ1v) is 7.41. The molecule has 0 radical (unpaired) electrons. The summed E-state index contributed by atoms with van der Waals surface area (Å²) in [5.41, 5.74) is 7.99. The van der Waals surface area contributed by atoms with Crippen molar-refractivity contribution in [3.05, 3.63) is 41.6 Å². The average molecular weight is 316 g/mol. The Hall–Kier alpha value is -2.54. The lowest BCUT2D eigenvalue weighted by Gasteiger charge is -2.27. The molecular weight excluding hydrogens is 299 g/mol. The van der Waals surface area contributed by atoms with Crippen LogP contribution in [0.5, 0.6) is 0 Å². The van der Waals surface area contributed by atoms with E-state index < -0.39 is 11.8 Å². The number of carbonyl (C=O) groups excluding carboxylic acids is 1. The van der Waals surface area contributed by atoms with E-state index in [4.69, 9.17) is 10.8 Å². The standard InChI is InChI=1S/C16H17FN4O2/c17-14-9-19-8-13(12(14)3-5-22)11-6-10-2-1-4-21(16(18)23)15(10)20-7-11/h6-9,22H,1-5H2,(H2,18,23). The quantitative estimate of drug-likeness (QED) is 0.900. The number of primary amides is 1. The fourth-order valence-electron chi connectivity index (χ4n) is 2.90. The number of halogens is 1. The summed E-state index contributed by atoms with van der Waals surface area (Å²) in [6.45, 7) is 0.397. The number of hydrogen-bond donors (Lipinski definition) is 2. The summed E-state index contributed by atoms with van der Waals surface area (Å²) < 4.78 is 14.0. The minimum atomic E-state index is -0.528. The molecule has 1 aliphatic rings. The molecule has 2 aromatic rings. The Kier molecular flexibility index (Phi) is 4.20. The summed E-state index contributed by atoms with van der Waals surface area (Å²) in [4.78, 5) is 21.2. The highest BCUT2D eigenvalue weighted by Crippen LogP contribution is 2.31. The second-order valence-electron chi connectivity index (χ2n) is 5.42. The maximum atomic E-state index is 14.0. The number of nitrogens with zero attached hydrogens (tertiary/aromatic N) is 3. The van der Waals surface area contributed by atoms with Gasteiger partial charge in [-0.1, -0.05) is 0 Å². The minimum Gasteiger partial charge on any atom is -0.396 e. The van der Waals surface area contributed by atoms with Crippen LogP contribution in [0.25, 0.3) is 11.1 Å². The van der Waals surface area contributed by atoms with Crippen molar-refractivity contribution in [3.8, 4) is 11.1 Å². The van der Waals surface area contributed by atoms with Crippen molar-refractivity contribution >= 4 is 11.8 Å². The molecule has 1 aliphatic heterocycles. The van der Waals surface area contributed by atoms with Gasteiger partial charge in [0.25, 0.3) is 0 Å². The number of aromatic nitrogens is 2. The van der Waals surface area contributed by atoms with Gasteiger partial charge in [0.2, 0.25) is 0 Å². The first kappa shape index (κ1) is 15.4. The zero-order chi connectivity index (χ0) is 16.4. The molecule has 0 aromatic carbocycles. The van der Waals surface area contributed by atoms with Gasteiger partial charge < -0.3 is 10.8 Å². The van der Waals surface area contributed by atoms with Gasteiger partial charge in [0.05, 0.1) is 6.20 Å². The van der Waals surface area contributed by atoms with E-state index in [1.165, 1.54) is 4.90 Å². The molecule has 7 heteroatoms. The average Bonchev–Trinajstić information content (AvgIpc) is 2.55. The maximum Gasteiger partial charge on any atom is 0.320 e. The molecule has 0 saturated carbocycles. The molecule has 23 heavy (non-hydrogen) atoms. The third-order valence-corrected chi connectivity index (χ3v) is 3.97. The summed E-state index contributed by atoms with van der Waals surface area (Å²) in [7, 11) is 0. The minimum absolute atomic E-state index is 0.151. The molecule has 3 N–H and O–H groups in total. The number of rotatable bonds is 3. The van der Waals surface area contributed by atoms with Gasteiger partial charge in [0, 0.05) is 42.2 Å². The van der Waals surface area contributed by atoms with Crippen LogP contribution in [0, 0.1) is 5.82 Å². The van der Waals surface area contributed by atoms with Gasteiger partial charge in [0.1, 0.15) is 11.6 Å². The van der Waals surface area contributed by atoms with Crippen LogP contribution in [0.3, 0.4) is 0 Å². The van der Waals surface area contributed by atoms with Crippen LogP contribution in [0.1, 0.15) is 17.5 Å². The zero-order valence-corrected chi connectivity index (χ0v) is 12.5. The summed E-state index contributed by atoms with van der Waals surface area (Å²) in [5, 5.41) is 9.14. The van der Waals surface area contributed by atoms with Gasteiger partial charge in [0.15, 0.2) is 0 Å². The first-order chi connectivity index (χ1) is 11.1. The third-order valence-electron chi connectivity index (χ3n) is 3.97. The maximum absolute atomic E-state index is 14.0. The van der Waals surface area contributed by atoms with E-state index in [0.29, 0.717) is 29.1 Å². The number of pyridine rings is 2.